The zero-order chi connectivity index (χ0) is 13.4. The van der Waals surface area contributed by atoms with Gasteiger partial charge in [-0.15, -0.1) is 0 Å². The van der Waals surface area contributed by atoms with E-state index in [1.54, 1.807) is 0 Å². The molecule has 1 aromatic heterocycles. The number of piperazine rings is 1. The number of benzene rings is 1. The molecule has 4 nitrogen and oxygen atoms in total. The van der Waals surface area contributed by atoms with Crippen molar-refractivity contribution in [3.63, 3.8) is 0 Å². The Bertz CT molecular complexity index is 594. The zero-order valence-electron chi connectivity index (χ0n) is 11.3. The van der Waals surface area contributed by atoms with Crippen molar-refractivity contribution in [1.82, 2.24) is 15.2 Å². The smallest absolute Gasteiger partial charge is 0.256 e. The summed E-state index contributed by atoms with van der Waals surface area (Å²) in [6.07, 6.45) is 1.88. The summed E-state index contributed by atoms with van der Waals surface area (Å²) < 4.78 is 0. The quantitative estimate of drug-likeness (QED) is 0.821. The summed E-state index contributed by atoms with van der Waals surface area (Å²) in [5.41, 5.74) is 1.70. The molecule has 0 bridgehead atoms. The fraction of sp³-hybridized carbons (Fsp3) is 0.400. The van der Waals surface area contributed by atoms with E-state index in [1.807, 2.05) is 35.4 Å². The molecule has 0 radical (unpaired) electrons. The van der Waals surface area contributed by atoms with Gasteiger partial charge in [-0.05, 0) is 26.0 Å². The van der Waals surface area contributed by atoms with Crippen molar-refractivity contribution in [3.8, 4) is 0 Å². The van der Waals surface area contributed by atoms with Crippen LogP contribution in [0.3, 0.4) is 0 Å². The minimum atomic E-state index is 0.119. The van der Waals surface area contributed by atoms with E-state index in [4.69, 9.17) is 0 Å². The van der Waals surface area contributed by atoms with Crippen LogP contribution in [-0.4, -0.2) is 41.0 Å². The van der Waals surface area contributed by atoms with Gasteiger partial charge in [0, 0.05) is 36.8 Å². The van der Waals surface area contributed by atoms with E-state index >= 15 is 0 Å². The maximum Gasteiger partial charge on any atom is 0.256 e. The lowest BCUT2D eigenvalue weighted by molar-refractivity contribution is 0.0675. The Labute approximate surface area is 112 Å². The third kappa shape index (κ3) is 2.24. The van der Waals surface area contributed by atoms with Crippen LogP contribution in [0.2, 0.25) is 0 Å². The maximum absolute atomic E-state index is 12.7. The van der Waals surface area contributed by atoms with E-state index < -0.39 is 0 Å². The number of para-hydroxylation sites is 1. The number of hydrogen-bond donors (Lipinski definition) is 2. The number of amides is 1. The highest BCUT2D eigenvalue weighted by Gasteiger charge is 2.26. The first-order valence-electron chi connectivity index (χ1n) is 6.76. The van der Waals surface area contributed by atoms with Crippen LogP contribution in [0.15, 0.2) is 30.5 Å². The van der Waals surface area contributed by atoms with E-state index in [0.717, 1.165) is 29.6 Å². The monoisotopic (exact) mass is 257 g/mol. The fourth-order valence-electron chi connectivity index (χ4n) is 2.93. The van der Waals surface area contributed by atoms with Gasteiger partial charge in [0.05, 0.1) is 11.1 Å². The summed E-state index contributed by atoms with van der Waals surface area (Å²) in [6, 6.07) is 8.55. The first-order chi connectivity index (χ1) is 9.15. The van der Waals surface area contributed by atoms with Gasteiger partial charge in [-0.25, -0.2) is 0 Å². The van der Waals surface area contributed by atoms with Gasteiger partial charge in [0.2, 0.25) is 0 Å². The summed E-state index contributed by atoms with van der Waals surface area (Å²) in [5.74, 6) is 0.119. The Balaban J connectivity index is 1.93. The highest BCUT2D eigenvalue weighted by molar-refractivity contribution is 6.05. The van der Waals surface area contributed by atoms with Crippen molar-refractivity contribution >= 4 is 16.8 Å². The number of aromatic amines is 1. The number of nitrogens with zero attached hydrogens (tertiary/aromatic N) is 1. The second kappa shape index (κ2) is 4.70. The average molecular weight is 257 g/mol. The molecule has 100 valence electrons. The number of hydrogen-bond acceptors (Lipinski definition) is 2. The van der Waals surface area contributed by atoms with Crippen molar-refractivity contribution in [2.24, 2.45) is 0 Å². The van der Waals surface area contributed by atoms with E-state index in [-0.39, 0.29) is 5.91 Å². The van der Waals surface area contributed by atoms with Gasteiger partial charge >= 0.3 is 0 Å². The van der Waals surface area contributed by atoms with Gasteiger partial charge in [-0.1, -0.05) is 12.1 Å². The van der Waals surface area contributed by atoms with E-state index in [2.05, 4.69) is 24.1 Å². The Kier molecular flexibility index (Phi) is 3.03. The molecule has 2 heterocycles. The van der Waals surface area contributed by atoms with E-state index in [9.17, 15) is 4.79 Å². The summed E-state index contributed by atoms with van der Waals surface area (Å²) in [7, 11) is 0. The molecular weight excluding hydrogens is 238 g/mol. The number of rotatable bonds is 1. The van der Waals surface area contributed by atoms with Crippen LogP contribution >= 0.6 is 0 Å². The molecule has 0 aliphatic carbocycles. The van der Waals surface area contributed by atoms with E-state index in [1.165, 1.54) is 0 Å². The molecule has 3 rings (SSSR count). The van der Waals surface area contributed by atoms with Crippen LogP contribution in [0.4, 0.5) is 0 Å². The topological polar surface area (TPSA) is 48.1 Å². The largest absolute Gasteiger partial charge is 0.361 e. The molecule has 1 amide bonds. The number of carbonyl (C=O) groups excluding carboxylic acids is 1. The van der Waals surface area contributed by atoms with E-state index in [0.29, 0.717) is 12.1 Å². The molecule has 0 spiro atoms. The molecule has 1 aliphatic rings. The lowest BCUT2D eigenvalue weighted by Crippen LogP contribution is -2.55. The van der Waals surface area contributed by atoms with Crippen molar-refractivity contribution in [2.75, 3.05) is 13.1 Å². The molecule has 1 saturated heterocycles. The molecular formula is C15H19N3O. The fourth-order valence-corrected chi connectivity index (χ4v) is 2.93. The average Bonchev–Trinajstić information content (AvgIpc) is 2.84. The molecule has 4 heteroatoms. The van der Waals surface area contributed by atoms with Gasteiger partial charge in [0.1, 0.15) is 0 Å². The van der Waals surface area contributed by atoms with Crippen LogP contribution in [0, 0.1) is 0 Å². The second-order valence-electron chi connectivity index (χ2n) is 5.43. The first kappa shape index (κ1) is 12.2. The van der Waals surface area contributed by atoms with Crippen molar-refractivity contribution in [1.29, 1.82) is 0 Å². The summed E-state index contributed by atoms with van der Waals surface area (Å²) in [5, 5.41) is 4.53. The van der Waals surface area contributed by atoms with Crippen molar-refractivity contribution < 1.29 is 4.79 Å². The molecule has 2 unspecified atom stereocenters. The van der Waals surface area contributed by atoms with Crippen LogP contribution in [-0.2, 0) is 0 Å². The van der Waals surface area contributed by atoms with Gasteiger partial charge in [0.25, 0.3) is 5.91 Å². The standard InChI is InChI=1S/C15H19N3O/c1-10-8-18(9-11(2)17-10)15(19)13-5-3-4-12-6-7-16-14(12)13/h3-7,10-11,16-17H,8-9H2,1-2H3. The van der Waals surface area contributed by atoms with Crippen molar-refractivity contribution in [2.45, 2.75) is 25.9 Å². The number of fused-ring (bicyclic) bond motifs is 1. The predicted octanol–water partition coefficient (Wildman–Crippen LogP) is 1.99. The predicted molar refractivity (Wildman–Crippen MR) is 76.3 cm³/mol. The minimum absolute atomic E-state index is 0.119. The van der Waals surface area contributed by atoms with Gasteiger partial charge < -0.3 is 15.2 Å². The summed E-state index contributed by atoms with van der Waals surface area (Å²) in [4.78, 5) is 17.8. The van der Waals surface area contributed by atoms with Crippen molar-refractivity contribution in [3.05, 3.63) is 36.0 Å². The lowest BCUT2D eigenvalue weighted by Gasteiger charge is -2.36. The zero-order valence-corrected chi connectivity index (χ0v) is 11.3. The van der Waals surface area contributed by atoms with Crippen LogP contribution < -0.4 is 5.32 Å². The third-order valence-electron chi connectivity index (χ3n) is 3.66. The Morgan fingerprint density at radius 2 is 1.95 bits per heavy atom. The molecule has 2 aromatic rings. The number of nitrogens with one attached hydrogen (secondary N) is 2. The number of carbonyl (C=O) groups is 1. The van der Waals surface area contributed by atoms with Gasteiger partial charge in [-0.3, -0.25) is 4.79 Å². The number of aromatic nitrogens is 1. The summed E-state index contributed by atoms with van der Waals surface area (Å²) >= 11 is 0. The highest BCUT2D eigenvalue weighted by Crippen LogP contribution is 2.19. The summed E-state index contributed by atoms with van der Waals surface area (Å²) in [6.45, 7) is 5.76. The Hall–Kier alpha value is -1.81. The van der Waals surface area contributed by atoms with Gasteiger partial charge in [0.15, 0.2) is 0 Å². The molecule has 0 saturated carbocycles. The Morgan fingerprint density at radius 1 is 1.21 bits per heavy atom. The molecule has 2 N–H and O–H groups in total. The Morgan fingerprint density at radius 3 is 2.68 bits per heavy atom. The molecule has 2 atom stereocenters. The first-order valence-corrected chi connectivity index (χ1v) is 6.76. The number of H-pyrrole nitrogens is 1. The molecule has 1 fully saturated rings. The lowest BCUT2D eigenvalue weighted by atomic mass is 10.1. The highest BCUT2D eigenvalue weighted by atomic mass is 16.2. The van der Waals surface area contributed by atoms with Crippen LogP contribution in [0.25, 0.3) is 10.9 Å². The second-order valence-corrected chi connectivity index (χ2v) is 5.43. The van der Waals surface area contributed by atoms with Crippen LogP contribution in [0.1, 0.15) is 24.2 Å². The molecule has 19 heavy (non-hydrogen) atoms. The maximum atomic E-state index is 12.7. The van der Waals surface area contributed by atoms with Crippen LogP contribution in [0.5, 0.6) is 0 Å². The third-order valence-corrected chi connectivity index (χ3v) is 3.66. The van der Waals surface area contributed by atoms with Gasteiger partial charge in [-0.2, -0.15) is 0 Å². The molecule has 1 aromatic carbocycles. The SMILES string of the molecule is CC1CN(C(=O)c2cccc3cc[nH]c23)CC(C)N1. The molecule has 1 aliphatic heterocycles. The minimum Gasteiger partial charge on any atom is -0.361 e. The normalized spacial score (nSPS) is 23.8.